The van der Waals surface area contributed by atoms with E-state index in [0.717, 1.165) is 0 Å². The minimum absolute atomic E-state index is 0.0474. The third kappa shape index (κ3) is 14.5. The first kappa shape index (κ1) is 21.6. The number of hydrogen-bond acceptors (Lipinski definition) is 6. The van der Waals surface area contributed by atoms with Crippen LogP contribution >= 0.6 is 11.6 Å². The maximum absolute atomic E-state index is 10.9. The van der Waals surface area contributed by atoms with E-state index in [4.69, 9.17) is 35.3 Å². The van der Waals surface area contributed by atoms with Gasteiger partial charge in [0.1, 0.15) is 5.88 Å². The van der Waals surface area contributed by atoms with E-state index in [1.54, 1.807) is 6.92 Å². The van der Waals surface area contributed by atoms with Crippen molar-refractivity contribution in [1.82, 2.24) is 5.32 Å². The molecule has 0 bridgehead atoms. The van der Waals surface area contributed by atoms with Crippen LogP contribution in [0.4, 0.5) is 0 Å². The molecule has 1 N–H and O–H groups in total. The molecule has 0 rings (SSSR count). The Bertz CT molecular complexity index is 270. The number of amides is 1. The first-order valence-corrected chi connectivity index (χ1v) is 8.00. The van der Waals surface area contributed by atoms with Crippen LogP contribution in [-0.2, 0) is 28.5 Å². The molecule has 0 aliphatic carbocycles. The molecular formula is C14H28ClNO6. The summed E-state index contributed by atoms with van der Waals surface area (Å²) >= 11 is 5.34. The molecule has 2 unspecified atom stereocenters. The van der Waals surface area contributed by atoms with Crippen LogP contribution in [0.5, 0.6) is 0 Å². The summed E-state index contributed by atoms with van der Waals surface area (Å²) < 4.78 is 26.7. The Morgan fingerprint density at radius 1 is 0.955 bits per heavy atom. The SMILES string of the molecule is CCOCCOC(C)OCCOC(C)OCCNC(=O)CCl. The molecule has 0 saturated heterocycles. The van der Waals surface area contributed by atoms with Crippen LogP contribution in [0.1, 0.15) is 20.8 Å². The van der Waals surface area contributed by atoms with Gasteiger partial charge in [0.05, 0.1) is 33.0 Å². The Hall–Kier alpha value is -0.440. The standard InChI is InChI=1S/C14H28ClNO6/c1-4-18-7-8-20-13(3)22-10-9-21-12(2)19-6-5-16-14(17)11-15/h12-13H,4-11H2,1-3H3,(H,16,17). The normalized spacial score (nSPS) is 13.8. The van der Waals surface area contributed by atoms with Crippen molar-refractivity contribution in [1.29, 1.82) is 0 Å². The van der Waals surface area contributed by atoms with Gasteiger partial charge in [-0.25, -0.2) is 0 Å². The smallest absolute Gasteiger partial charge is 0.235 e. The molecule has 0 aromatic rings. The molecule has 1 amide bonds. The zero-order valence-corrected chi connectivity index (χ0v) is 14.4. The lowest BCUT2D eigenvalue weighted by molar-refractivity contribution is -0.173. The van der Waals surface area contributed by atoms with Gasteiger partial charge in [0.25, 0.3) is 0 Å². The van der Waals surface area contributed by atoms with Gasteiger partial charge in [0.15, 0.2) is 12.6 Å². The number of ether oxygens (including phenoxy) is 5. The van der Waals surface area contributed by atoms with Gasteiger partial charge in [-0.1, -0.05) is 0 Å². The molecule has 0 radical (unpaired) electrons. The van der Waals surface area contributed by atoms with Gasteiger partial charge in [-0.05, 0) is 20.8 Å². The summed E-state index contributed by atoms with van der Waals surface area (Å²) in [6.45, 7) is 8.86. The summed E-state index contributed by atoms with van der Waals surface area (Å²) in [5.74, 6) is -0.264. The zero-order valence-electron chi connectivity index (χ0n) is 13.6. The Morgan fingerprint density at radius 2 is 1.45 bits per heavy atom. The fourth-order valence-corrected chi connectivity index (χ4v) is 1.50. The number of alkyl halides is 1. The van der Waals surface area contributed by atoms with E-state index in [2.05, 4.69) is 5.32 Å². The van der Waals surface area contributed by atoms with Gasteiger partial charge < -0.3 is 29.0 Å². The molecule has 2 atom stereocenters. The van der Waals surface area contributed by atoms with Gasteiger partial charge in [0.2, 0.25) is 5.91 Å². The molecule has 0 fully saturated rings. The first-order chi connectivity index (χ1) is 10.6. The van der Waals surface area contributed by atoms with Crippen LogP contribution in [0.2, 0.25) is 0 Å². The Kier molecular flexibility index (Phi) is 15.1. The van der Waals surface area contributed by atoms with E-state index in [9.17, 15) is 4.79 Å². The number of hydrogen-bond donors (Lipinski definition) is 1. The number of nitrogens with one attached hydrogen (secondary N) is 1. The lowest BCUT2D eigenvalue weighted by Crippen LogP contribution is -2.29. The average Bonchev–Trinajstić information content (AvgIpc) is 2.52. The number of rotatable bonds is 15. The maximum atomic E-state index is 10.9. The summed E-state index contributed by atoms with van der Waals surface area (Å²) in [5.41, 5.74) is 0. The Balaban J connectivity index is 3.36. The molecule has 0 aliphatic rings. The van der Waals surface area contributed by atoms with Crippen molar-refractivity contribution in [3.05, 3.63) is 0 Å². The minimum Gasteiger partial charge on any atom is -0.379 e. The summed E-state index contributed by atoms with van der Waals surface area (Å²) in [7, 11) is 0. The average molecular weight is 342 g/mol. The van der Waals surface area contributed by atoms with Crippen molar-refractivity contribution in [2.45, 2.75) is 33.4 Å². The van der Waals surface area contributed by atoms with Gasteiger partial charge in [-0.15, -0.1) is 11.6 Å². The lowest BCUT2D eigenvalue weighted by atomic mass is 10.6. The minimum atomic E-state index is -0.370. The second kappa shape index (κ2) is 15.5. The van der Waals surface area contributed by atoms with E-state index in [1.807, 2.05) is 13.8 Å². The van der Waals surface area contributed by atoms with Crippen LogP contribution in [0.25, 0.3) is 0 Å². The molecule has 0 aromatic carbocycles. The highest BCUT2D eigenvalue weighted by atomic mass is 35.5. The molecule has 0 aromatic heterocycles. The molecule has 22 heavy (non-hydrogen) atoms. The van der Waals surface area contributed by atoms with E-state index in [1.165, 1.54) is 0 Å². The summed E-state index contributed by atoms with van der Waals surface area (Å²) in [6, 6.07) is 0. The third-order valence-electron chi connectivity index (χ3n) is 2.47. The summed E-state index contributed by atoms with van der Waals surface area (Å²) in [5, 5.41) is 2.60. The second-order valence-electron chi connectivity index (χ2n) is 4.30. The zero-order chi connectivity index (χ0) is 16.6. The van der Waals surface area contributed by atoms with Crippen LogP contribution in [0.15, 0.2) is 0 Å². The van der Waals surface area contributed by atoms with Crippen LogP contribution in [0.3, 0.4) is 0 Å². The van der Waals surface area contributed by atoms with Gasteiger partial charge in [0, 0.05) is 13.2 Å². The van der Waals surface area contributed by atoms with E-state index in [-0.39, 0.29) is 24.4 Å². The molecule has 0 heterocycles. The maximum Gasteiger partial charge on any atom is 0.235 e. The molecule has 0 saturated carbocycles. The number of carbonyl (C=O) groups is 1. The molecule has 0 spiro atoms. The van der Waals surface area contributed by atoms with Crippen molar-refractivity contribution >= 4 is 17.5 Å². The Morgan fingerprint density at radius 3 is 1.95 bits per heavy atom. The Labute approximate surface area is 137 Å². The molecule has 0 aliphatic heterocycles. The van der Waals surface area contributed by atoms with Crippen molar-refractivity contribution < 1.29 is 28.5 Å². The van der Waals surface area contributed by atoms with Crippen LogP contribution < -0.4 is 5.32 Å². The van der Waals surface area contributed by atoms with Crippen LogP contribution in [0, 0.1) is 0 Å². The monoisotopic (exact) mass is 341 g/mol. The van der Waals surface area contributed by atoms with Crippen molar-refractivity contribution in [3.63, 3.8) is 0 Å². The number of carbonyl (C=O) groups excluding carboxylic acids is 1. The highest BCUT2D eigenvalue weighted by Crippen LogP contribution is 1.96. The first-order valence-electron chi connectivity index (χ1n) is 7.47. The van der Waals surface area contributed by atoms with Gasteiger partial charge >= 0.3 is 0 Å². The highest BCUT2D eigenvalue weighted by Gasteiger charge is 2.05. The molecule has 7 nitrogen and oxygen atoms in total. The quantitative estimate of drug-likeness (QED) is 0.273. The van der Waals surface area contributed by atoms with E-state index < -0.39 is 0 Å². The topological polar surface area (TPSA) is 75.2 Å². The van der Waals surface area contributed by atoms with Crippen molar-refractivity contribution in [2.75, 3.05) is 52.1 Å². The van der Waals surface area contributed by atoms with E-state index >= 15 is 0 Å². The van der Waals surface area contributed by atoms with Crippen LogP contribution in [-0.4, -0.2) is 70.6 Å². The molecule has 132 valence electrons. The predicted octanol–water partition coefficient (Wildman–Crippen LogP) is 1.14. The lowest BCUT2D eigenvalue weighted by Gasteiger charge is -2.17. The third-order valence-corrected chi connectivity index (χ3v) is 2.71. The molecule has 8 heteroatoms. The van der Waals surface area contributed by atoms with E-state index in [0.29, 0.717) is 46.2 Å². The van der Waals surface area contributed by atoms with Gasteiger partial charge in [-0.2, -0.15) is 0 Å². The van der Waals surface area contributed by atoms with Gasteiger partial charge in [-0.3, -0.25) is 4.79 Å². The highest BCUT2D eigenvalue weighted by molar-refractivity contribution is 6.27. The largest absolute Gasteiger partial charge is 0.379 e. The molecular weight excluding hydrogens is 314 g/mol. The summed E-state index contributed by atoms with van der Waals surface area (Å²) in [6.07, 6.45) is -0.670. The second-order valence-corrected chi connectivity index (χ2v) is 4.57. The predicted molar refractivity (Wildman–Crippen MR) is 83.0 cm³/mol. The number of halogens is 1. The van der Waals surface area contributed by atoms with Crippen molar-refractivity contribution in [2.24, 2.45) is 0 Å². The van der Waals surface area contributed by atoms with Crippen molar-refractivity contribution in [3.8, 4) is 0 Å². The summed E-state index contributed by atoms with van der Waals surface area (Å²) in [4.78, 5) is 10.9. The fraction of sp³-hybridized carbons (Fsp3) is 0.929. The fourth-order valence-electron chi connectivity index (χ4n) is 1.40.